The number of aromatic nitrogens is 2. The molecule has 2 heterocycles. The lowest BCUT2D eigenvalue weighted by atomic mass is 10.1. The third-order valence-electron chi connectivity index (χ3n) is 3.29. The molecule has 0 fully saturated rings. The second-order valence-electron chi connectivity index (χ2n) is 4.65. The van der Waals surface area contributed by atoms with Crippen LogP contribution in [0.1, 0.15) is 5.56 Å². The first-order valence-corrected chi connectivity index (χ1v) is 7.20. The first-order valence-electron chi connectivity index (χ1n) is 6.41. The number of benzene rings is 2. The fourth-order valence-corrected chi connectivity index (χ4v) is 2.66. The summed E-state index contributed by atoms with van der Waals surface area (Å²) in [6.45, 7) is 0.643. The van der Waals surface area contributed by atoms with Crippen LogP contribution < -0.4 is 0 Å². The van der Waals surface area contributed by atoms with E-state index in [1.807, 2.05) is 42.5 Å². The van der Waals surface area contributed by atoms with Crippen LogP contribution in [0, 0.1) is 0 Å². The van der Waals surface area contributed by atoms with Gasteiger partial charge in [0.2, 0.25) is 5.82 Å². The highest BCUT2D eigenvalue weighted by Gasteiger charge is 2.15. The molecule has 3 aromatic rings. The summed E-state index contributed by atoms with van der Waals surface area (Å²) in [5, 5.41) is 12.2. The van der Waals surface area contributed by atoms with Crippen LogP contribution in [0.25, 0.3) is 22.8 Å². The fourth-order valence-electron chi connectivity index (χ4n) is 2.20. The number of hydrogen-bond donors (Lipinski definition) is 0. The van der Waals surface area contributed by atoms with Gasteiger partial charge in [0.25, 0.3) is 5.89 Å². The molecule has 102 valence electrons. The molecule has 1 aromatic heterocycles. The lowest BCUT2D eigenvalue weighted by Crippen LogP contribution is -1.83. The summed E-state index contributed by atoms with van der Waals surface area (Å²) < 4.78 is 6.28. The summed E-state index contributed by atoms with van der Waals surface area (Å²) in [5.74, 6) is 1.03. The zero-order valence-corrected chi connectivity index (χ0v) is 12.4. The molecule has 0 aliphatic carbocycles. The number of fused-ring (bicyclic) bond motifs is 1. The van der Waals surface area contributed by atoms with Gasteiger partial charge in [0.15, 0.2) is 0 Å². The van der Waals surface area contributed by atoms with Crippen molar-refractivity contribution >= 4 is 21.6 Å². The van der Waals surface area contributed by atoms with Crippen LogP contribution in [0.2, 0.25) is 0 Å². The molecular weight excluding hydrogens is 332 g/mol. The highest BCUT2D eigenvalue weighted by atomic mass is 79.9. The molecular formula is C15H9BrN4O. The topological polar surface area (TPSA) is 63.6 Å². The Morgan fingerprint density at radius 1 is 1.10 bits per heavy atom. The normalized spacial score (nSPS) is 12.6. The van der Waals surface area contributed by atoms with Crippen molar-refractivity contribution < 1.29 is 4.52 Å². The van der Waals surface area contributed by atoms with E-state index in [9.17, 15) is 0 Å². The maximum absolute atomic E-state index is 5.36. The standard InChI is InChI=1S/C15H9BrN4O/c16-12-4-2-1-3-11(12)15-18-14(20-21-15)9-5-6-10-8-17-19-13(10)7-9/h1-7H,8H2. The Bertz CT molecular complexity index is 856. The minimum Gasteiger partial charge on any atom is -0.334 e. The first kappa shape index (κ1) is 12.4. The van der Waals surface area contributed by atoms with Gasteiger partial charge in [0.1, 0.15) is 0 Å². The average Bonchev–Trinajstić information content (AvgIpc) is 3.16. The fraction of sp³-hybridized carbons (Fsp3) is 0.0667. The Labute approximate surface area is 128 Å². The summed E-state index contributed by atoms with van der Waals surface area (Å²) in [7, 11) is 0. The monoisotopic (exact) mass is 340 g/mol. The number of rotatable bonds is 2. The molecule has 0 amide bonds. The second-order valence-corrected chi connectivity index (χ2v) is 5.50. The Balaban J connectivity index is 1.75. The summed E-state index contributed by atoms with van der Waals surface area (Å²) in [6.07, 6.45) is 0. The first-order chi connectivity index (χ1) is 10.3. The maximum atomic E-state index is 5.36. The predicted molar refractivity (Wildman–Crippen MR) is 81.1 cm³/mol. The molecule has 1 aliphatic rings. The molecule has 0 atom stereocenters. The molecule has 0 saturated carbocycles. The average molecular weight is 341 g/mol. The molecule has 0 spiro atoms. The summed E-state index contributed by atoms with van der Waals surface area (Å²) in [6, 6.07) is 13.6. The van der Waals surface area contributed by atoms with E-state index < -0.39 is 0 Å². The van der Waals surface area contributed by atoms with Crippen LogP contribution in [0.3, 0.4) is 0 Å². The number of halogens is 1. The second kappa shape index (κ2) is 4.89. The van der Waals surface area contributed by atoms with Gasteiger partial charge in [-0.1, -0.05) is 29.4 Å². The van der Waals surface area contributed by atoms with Crippen molar-refractivity contribution in [1.29, 1.82) is 0 Å². The molecule has 0 bridgehead atoms. The van der Waals surface area contributed by atoms with E-state index in [1.54, 1.807) is 0 Å². The van der Waals surface area contributed by atoms with Crippen molar-refractivity contribution in [2.24, 2.45) is 10.2 Å². The van der Waals surface area contributed by atoms with Gasteiger partial charge in [-0.05, 0) is 34.1 Å². The van der Waals surface area contributed by atoms with Gasteiger partial charge in [-0.2, -0.15) is 15.2 Å². The van der Waals surface area contributed by atoms with Gasteiger partial charge in [-0.25, -0.2) is 0 Å². The van der Waals surface area contributed by atoms with Crippen molar-refractivity contribution in [2.75, 3.05) is 0 Å². The number of nitrogens with zero attached hydrogens (tertiary/aromatic N) is 4. The Morgan fingerprint density at radius 3 is 2.90 bits per heavy atom. The van der Waals surface area contributed by atoms with Crippen molar-refractivity contribution in [3.63, 3.8) is 0 Å². The predicted octanol–water partition coefficient (Wildman–Crippen LogP) is 4.76. The lowest BCUT2D eigenvalue weighted by Gasteiger charge is -1.98. The zero-order chi connectivity index (χ0) is 14.2. The van der Waals surface area contributed by atoms with Crippen molar-refractivity contribution in [2.45, 2.75) is 6.54 Å². The van der Waals surface area contributed by atoms with Crippen LogP contribution in [-0.4, -0.2) is 10.1 Å². The Morgan fingerprint density at radius 2 is 2.00 bits per heavy atom. The van der Waals surface area contributed by atoms with Gasteiger partial charge in [0, 0.05) is 15.6 Å². The summed E-state index contributed by atoms with van der Waals surface area (Å²) in [5.41, 5.74) is 3.74. The van der Waals surface area contributed by atoms with E-state index in [0.29, 0.717) is 18.3 Å². The Kier molecular flexibility index (Phi) is 2.89. The van der Waals surface area contributed by atoms with E-state index in [2.05, 4.69) is 36.3 Å². The highest BCUT2D eigenvalue weighted by Crippen LogP contribution is 2.32. The zero-order valence-electron chi connectivity index (χ0n) is 10.8. The van der Waals surface area contributed by atoms with E-state index in [-0.39, 0.29) is 0 Å². The quantitative estimate of drug-likeness (QED) is 0.675. The van der Waals surface area contributed by atoms with Crippen LogP contribution in [0.5, 0.6) is 0 Å². The molecule has 5 nitrogen and oxygen atoms in total. The van der Waals surface area contributed by atoms with Gasteiger partial charge >= 0.3 is 0 Å². The van der Waals surface area contributed by atoms with E-state index >= 15 is 0 Å². The molecule has 2 aromatic carbocycles. The maximum Gasteiger partial charge on any atom is 0.259 e. The van der Waals surface area contributed by atoms with Crippen LogP contribution in [0.15, 0.2) is 61.7 Å². The minimum atomic E-state index is 0.486. The molecule has 0 saturated heterocycles. The van der Waals surface area contributed by atoms with E-state index in [4.69, 9.17) is 4.52 Å². The third kappa shape index (κ3) is 2.17. The van der Waals surface area contributed by atoms with Gasteiger partial charge in [-0.15, -0.1) is 0 Å². The molecule has 0 N–H and O–H groups in total. The molecule has 4 rings (SSSR count). The number of azo groups is 1. The largest absolute Gasteiger partial charge is 0.334 e. The summed E-state index contributed by atoms with van der Waals surface area (Å²) in [4.78, 5) is 4.46. The lowest BCUT2D eigenvalue weighted by molar-refractivity contribution is 0.432. The summed E-state index contributed by atoms with van der Waals surface area (Å²) >= 11 is 3.48. The third-order valence-corrected chi connectivity index (χ3v) is 3.98. The molecule has 6 heteroatoms. The SMILES string of the molecule is Brc1ccccc1-c1nc(-c2ccc3c(c2)N=NC3)no1. The number of hydrogen-bond acceptors (Lipinski definition) is 5. The van der Waals surface area contributed by atoms with E-state index in [0.717, 1.165) is 26.9 Å². The highest BCUT2D eigenvalue weighted by molar-refractivity contribution is 9.10. The van der Waals surface area contributed by atoms with E-state index in [1.165, 1.54) is 0 Å². The molecule has 21 heavy (non-hydrogen) atoms. The smallest absolute Gasteiger partial charge is 0.259 e. The van der Waals surface area contributed by atoms with Crippen LogP contribution >= 0.6 is 15.9 Å². The van der Waals surface area contributed by atoms with Gasteiger partial charge in [0.05, 0.1) is 17.8 Å². The minimum absolute atomic E-state index is 0.486. The van der Waals surface area contributed by atoms with Crippen molar-refractivity contribution in [1.82, 2.24) is 10.1 Å². The van der Waals surface area contributed by atoms with Crippen LogP contribution in [0.4, 0.5) is 5.69 Å². The molecule has 0 radical (unpaired) electrons. The van der Waals surface area contributed by atoms with Gasteiger partial charge < -0.3 is 4.52 Å². The van der Waals surface area contributed by atoms with Crippen molar-refractivity contribution in [3.05, 3.63) is 52.5 Å². The van der Waals surface area contributed by atoms with Gasteiger partial charge in [-0.3, -0.25) is 0 Å². The molecule has 1 aliphatic heterocycles. The molecule has 0 unspecified atom stereocenters. The van der Waals surface area contributed by atoms with Crippen molar-refractivity contribution in [3.8, 4) is 22.8 Å². The Hall–Kier alpha value is -2.34. The van der Waals surface area contributed by atoms with Crippen LogP contribution in [-0.2, 0) is 6.54 Å².